The van der Waals surface area contributed by atoms with Crippen molar-refractivity contribution in [3.8, 4) is 0 Å². The van der Waals surface area contributed by atoms with Crippen LogP contribution >= 0.6 is 0 Å². The average molecular weight is 201 g/mol. The lowest BCUT2D eigenvalue weighted by atomic mass is 10.0. The van der Waals surface area contributed by atoms with Gasteiger partial charge < -0.3 is 5.11 Å². The summed E-state index contributed by atoms with van der Waals surface area (Å²) in [6, 6.07) is 8.26. The second kappa shape index (κ2) is 4.41. The van der Waals surface area contributed by atoms with Crippen LogP contribution in [0.15, 0.2) is 36.7 Å². The Morgan fingerprint density at radius 3 is 3.00 bits per heavy atom. The van der Waals surface area contributed by atoms with Gasteiger partial charge in [-0.2, -0.15) is 0 Å². The molecule has 0 bridgehead atoms. The summed E-state index contributed by atoms with van der Waals surface area (Å²) in [5, 5.41) is 11.7. The first-order chi connectivity index (χ1) is 7.27. The molecule has 1 unspecified atom stereocenters. The molecule has 15 heavy (non-hydrogen) atoms. The van der Waals surface area contributed by atoms with Crippen LogP contribution < -0.4 is 0 Å². The third-order valence-electron chi connectivity index (χ3n) is 2.61. The lowest BCUT2D eigenvalue weighted by molar-refractivity contribution is 0.185. The molecule has 0 spiro atoms. The molecule has 1 atom stereocenters. The van der Waals surface area contributed by atoms with Crippen LogP contribution in [-0.4, -0.2) is 16.2 Å². The van der Waals surface area contributed by atoms with Crippen LogP contribution in [0.3, 0.4) is 0 Å². The molecule has 0 fully saturated rings. The molecular weight excluding hydrogens is 186 g/mol. The Morgan fingerprint density at radius 2 is 2.20 bits per heavy atom. The molecule has 2 heteroatoms. The summed E-state index contributed by atoms with van der Waals surface area (Å²) in [5.41, 5.74) is 1.27. The monoisotopic (exact) mass is 201 g/mol. The van der Waals surface area contributed by atoms with E-state index in [2.05, 4.69) is 23.2 Å². The van der Waals surface area contributed by atoms with Gasteiger partial charge in [0.15, 0.2) is 0 Å². The summed E-state index contributed by atoms with van der Waals surface area (Å²) in [6.07, 6.45) is 5.17. The fraction of sp³-hybridized carbons (Fsp3) is 0.308. The number of aliphatic hydroxyl groups excluding tert-OH is 1. The fourth-order valence-electron chi connectivity index (χ4n) is 1.76. The number of aromatic nitrogens is 1. The molecule has 0 aliphatic carbocycles. The molecule has 2 aromatic rings. The van der Waals surface area contributed by atoms with Crippen molar-refractivity contribution in [2.75, 3.05) is 0 Å². The molecule has 1 N–H and O–H groups in total. The normalized spacial score (nSPS) is 12.9. The van der Waals surface area contributed by atoms with Gasteiger partial charge in [0.2, 0.25) is 0 Å². The first kappa shape index (κ1) is 10.1. The van der Waals surface area contributed by atoms with Gasteiger partial charge >= 0.3 is 0 Å². The van der Waals surface area contributed by atoms with Crippen molar-refractivity contribution >= 4 is 10.8 Å². The van der Waals surface area contributed by atoms with Gasteiger partial charge in [0.1, 0.15) is 0 Å². The number of aliphatic hydroxyl groups is 1. The van der Waals surface area contributed by atoms with Gasteiger partial charge in [-0.3, -0.25) is 4.98 Å². The molecule has 78 valence electrons. The topological polar surface area (TPSA) is 33.1 Å². The first-order valence-corrected chi connectivity index (χ1v) is 5.27. The van der Waals surface area contributed by atoms with Crippen LogP contribution in [0.5, 0.6) is 0 Å². The highest BCUT2D eigenvalue weighted by Crippen LogP contribution is 2.18. The van der Waals surface area contributed by atoms with Crippen LogP contribution in [0, 0.1) is 0 Å². The molecule has 0 aliphatic rings. The predicted molar refractivity (Wildman–Crippen MR) is 61.7 cm³/mol. The number of hydrogen-bond donors (Lipinski definition) is 1. The number of fused-ring (bicyclic) bond motifs is 1. The van der Waals surface area contributed by atoms with Crippen molar-refractivity contribution in [1.82, 2.24) is 4.98 Å². The summed E-state index contributed by atoms with van der Waals surface area (Å²) < 4.78 is 0. The third kappa shape index (κ3) is 2.34. The standard InChI is InChI=1S/C13H15NO/c1-10(15)5-6-11-3-2-4-12-7-8-14-9-13(11)12/h2-4,7-10,15H,5-6H2,1H3. The Hall–Kier alpha value is -1.41. The molecule has 0 aliphatic heterocycles. The Labute approximate surface area is 89.6 Å². The van der Waals surface area contributed by atoms with Gasteiger partial charge in [0, 0.05) is 17.8 Å². The lowest BCUT2D eigenvalue weighted by Crippen LogP contribution is -2.01. The maximum absolute atomic E-state index is 9.27. The van der Waals surface area contributed by atoms with Crippen molar-refractivity contribution in [2.45, 2.75) is 25.9 Å². The average Bonchev–Trinajstić information content (AvgIpc) is 2.26. The van der Waals surface area contributed by atoms with Gasteiger partial charge in [-0.25, -0.2) is 0 Å². The minimum Gasteiger partial charge on any atom is -0.393 e. The van der Waals surface area contributed by atoms with E-state index in [9.17, 15) is 5.11 Å². The van der Waals surface area contributed by atoms with E-state index < -0.39 is 0 Å². The molecule has 1 aromatic carbocycles. The Balaban J connectivity index is 2.34. The molecule has 0 saturated heterocycles. The van der Waals surface area contributed by atoms with Gasteiger partial charge in [-0.15, -0.1) is 0 Å². The smallest absolute Gasteiger partial charge is 0.0515 e. The van der Waals surface area contributed by atoms with E-state index in [1.807, 2.05) is 19.2 Å². The zero-order chi connectivity index (χ0) is 10.7. The van der Waals surface area contributed by atoms with E-state index in [-0.39, 0.29) is 6.10 Å². The largest absolute Gasteiger partial charge is 0.393 e. The Morgan fingerprint density at radius 1 is 1.33 bits per heavy atom. The van der Waals surface area contributed by atoms with Crippen molar-refractivity contribution < 1.29 is 5.11 Å². The summed E-state index contributed by atoms with van der Waals surface area (Å²) in [7, 11) is 0. The maximum Gasteiger partial charge on any atom is 0.0515 e. The zero-order valence-electron chi connectivity index (χ0n) is 8.85. The maximum atomic E-state index is 9.27. The van der Waals surface area contributed by atoms with E-state index in [4.69, 9.17) is 0 Å². The van der Waals surface area contributed by atoms with Crippen LogP contribution in [-0.2, 0) is 6.42 Å². The molecule has 2 rings (SSSR count). The van der Waals surface area contributed by atoms with Gasteiger partial charge in [0.05, 0.1) is 6.10 Å². The van der Waals surface area contributed by atoms with Crippen molar-refractivity contribution in [3.05, 3.63) is 42.2 Å². The molecule has 0 saturated carbocycles. The Kier molecular flexibility index (Phi) is 2.97. The van der Waals surface area contributed by atoms with E-state index in [0.717, 1.165) is 12.8 Å². The predicted octanol–water partition coefficient (Wildman–Crippen LogP) is 2.55. The van der Waals surface area contributed by atoms with E-state index in [0.29, 0.717) is 0 Å². The summed E-state index contributed by atoms with van der Waals surface area (Å²) in [4.78, 5) is 4.14. The number of pyridine rings is 1. The molecule has 1 heterocycles. The van der Waals surface area contributed by atoms with Gasteiger partial charge in [0.25, 0.3) is 0 Å². The second-order valence-electron chi connectivity index (χ2n) is 3.90. The highest BCUT2D eigenvalue weighted by Gasteiger charge is 2.02. The molecular formula is C13H15NO. The van der Waals surface area contributed by atoms with E-state index >= 15 is 0 Å². The van der Waals surface area contributed by atoms with Crippen LogP contribution in [0.4, 0.5) is 0 Å². The van der Waals surface area contributed by atoms with Crippen LogP contribution in [0.25, 0.3) is 10.8 Å². The van der Waals surface area contributed by atoms with Gasteiger partial charge in [-0.1, -0.05) is 18.2 Å². The second-order valence-corrected chi connectivity index (χ2v) is 3.90. The van der Waals surface area contributed by atoms with Crippen molar-refractivity contribution in [2.24, 2.45) is 0 Å². The van der Waals surface area contributed by atoms with Crippen LogP contribution in [0.2, 0.25) is 0 Å². The number of rotatable bonds is 3. The SMILES string of the molecule is CC(O)CCc1cccc2ccncc12. The zero-order valence-corrected chi connectivity index (χ0v) is 8.85. The fourth-order valence-corrected chi connectivity index (χ4v) is 1.76. The van der Waals surface area contributed by atoms with E-state index in [1.54, 1.807) is 6.20 Å². The minimum absolute atomic E-state index is 0.239. The molecule has 1 aromatic heterocycles. The highest BCUT2D eigenvalue weighted by molar-refractivity contribution is 5.84. The minimum atomic E-state index is -0.239. The Bertz CT molecular complexity index is 446. The number of benzene rings is 1. The lowest BCUT2D eigenvalue weighted by Gasteiger charge is -2.07. The summed E-state index contributed by atoms with van der Waals surface area (Å²) in [6.45, 7) is 1.82. The van der Waals surface area contributed by atoms with Gasteiger partial charge in [-0.05, 0) is 36.8 Å². The molecule has 0 amide bonds. The van der Waals surface area contributed by atoms with Crippen LogP contribution in [0.1, 0.15) is 18.9 Å². The highest BCUT2D eigenvalue weighted by atomic mass is 16.3. The number of hydrogen-bond acceptors (Lipinski definition) is 2. The van der Waals surface area contributed by atoms with Crippen molar-refractivity contribution in [1.29, 1.82) is 0 Å². The van der Waals surface area contributed by atoms with Crippen molar-refractivity contribution in [3.63, 3.8) is 0 Å². The third-order valence-corrected chi connectivity index (χ3v) is 2.61. The molecule has 2 nitrogen and oxygen atoms in total. The number of nitrogens with zero attached hydrogens (tertiary/aromatic N) is 1. The summed E-state index contributed by atoms with van der Waals surface area (Å²) in [5.74, 6) is 0. The molecule has 0 radical (unpaired) electrons. The quantitative estimate of drug-likeness (QED) is 0.827. The number of aryl methyl sites for hydroxylation is 1. The van der Waals surface area contributed by atoms with E-state index in [1.165, 1.54) is 16.3 Å². The first-order valence-electron chi connectivity index (χ1n) is 5.27. The summed E-state index contributed by atoms with van der Waals surface area (Å²) >= 11 is 0.